The van der Waals surface area contributed by atoms with E-state index in [1.54, 1.807) is 31.3 Å². The molecule has 98 valence electrons. The number of nitrogens with one attached hydrogen (secondary N) is 2. The van der Waals surface area contributed by atoms with Crippen molar-refractivity contribution in [2.75, 3.05) is 17.7 Å². The number of amides is 1. The van der Waals surface area contributed by atoms with Gasteiger partial charge in [-0.25, -0.2) is 9.37 Å². The molecular weight excluding hydrogens is 313 g/mol. The predicted molar refractivity (Wildman–Crippen MR) is 75.8 cm³/mol. The summed E-state index contributed by atoms with van der Waals surface area (Å²) >= 11 is 3.19. The first-order chi connectivity index (χ1) is 9.11. The maximum absolute atomic E-state index is 13.6. The van der Waals surface area contributed by atoms with E-state index in [9.17, 15) is 9.18 Å². The molecule has 0 radical (unpaired) electrons. The minimum Gasteiger partial charge on any atom is -0.373 e. The summed E-state index contributed by atoms with van der Waals surface area (Å²) in [6, 6.07) is 7.77. The summed E-state index contributed by atoms with van der Waals surface area (Å²) in [5.41, 5.74) is 0.472. The van der Waals surface area contributed by atoms with E-state index in [0.29, 0.717) is 15.9 Å². The van der Waals surface area contributed by atoms with Crippen LogP contribution in [0.3, 0.4) is 0 Å². The fraction of sp³-hybridized carbons (Fsp3) is 0.0769. The van der Waals surface area contributed by atoms with E-state index in [-0.39, 0.29) is 5.69 Å². The number of benzene rings is 1. The molecule has 0 unspecified atom stereocenters. The highest BCUT2D eigenvalue weighted by Gasteiger charge is 2.12. The molecule has 2 rings (SSSR count). The summed E-state index contributed by atoms with van der Waals surface area (Å²) < 4.78 is 14.1. The van der Waals surface area contributed by atoms with Gasteiger partial charge in [0, 0.05) is 17.7 Å². The fourth-order valence-corrected chi connectivity index (χ4v) is 1.92. The van der Waals surface area contributed by atoms with Crippen molar-refractivity contribution < 1.29 is 9.18 Å². The molecule has 1 aromatic carbocycles. The molecule has 19 heavy (non-hydrogen) atoms. The number of aromatic nitrogens is 1. The predicted octanol–water partition coefficient (Wildman–Crippen LogP) is 3.28. The van der Waals surface area contributed by atoms with Crippen molar-refractivity contribution in [3.05, 3.63) is 52.4 Å². The first kappa shape index (κ1) is 13.5. The SMILES string of the molecule is CNc1ccc(C(=O)Nc2c(F)cccc2Br)cn1. The molecule has 1 heterocycles. The number of halogens is 2. The van der Waals surface area contributed by atoms with Gasteiger partial charge in [-0.05, 0) is 40.2 Å². The van der Waals surface area contributed by atoms with Crippen LogP contribution < -0.4 is 10.6 Å². The minimum absolute atomic E-state index is 0.116. The van der Waals surface area contributed by atoms with Gasteiger partial charge >= 0.3 is 0 Å². The van der Waals surface area contributed by atoms with Crippen molar-refractivity contribution >= 4 is 33.3 Å². The molecule has 0 aliphatic rings. The van der Waals surface area contributed by atoms with Gasteiger partial charge in [-0.3, -0.25) is 4.79 Å². The minimum atomic E-state index is -0.498. The zero-order chi connectivity index (χ0) is 13.8. The van der Waals surface area contributed by atoms with Gasteiger partial charge in [0.05, 0.1) is 11.3 Å². The number of carbonyl (C=O) groups is 1. The summed E-state index contributed by atoms with van der Waals surface area (Å²) in [6.45, 7) is 0. The summed E-state index contributed by atoms with van der Waals surface area (Å²) in [5.74, 6) is -0.257. The summed E-state index contributed by atoms with van der Waals surface area (Å²) in [5, 5.41) is 5.36. The van der Waals surface area contributed by atoms with Crippen LogP contribution >= 0.6 is 15.9 Å². The molecule has 0 fully saturated rings. The quantitative estimate of drug-likeness (QED) is 0.911. The lowest BCUT2D eigenvalue weighted by molar-refractivity contribution is 0.102. The van der Waals surface area contributed by atoms with Crippen LogP contribution in [-0.4, -0.2) is 17.9 Å². The largest absolute Gasteiger partial charge is 0.373 e. The van der Waals surface area contributed by atoms with Gasteiger partial charge < -0.3 is 10.6 Å². The van der Waals surface area contributed by atoms with Crippen LogP contribution in [0.1, 0.15) is 10.4 Å². The Hall–Kier alpha value is -1.95. The van der Waals surface area contributed by atoms with Crippen molar-refractivity contribution in [2.24, 2.45) is 0 Å². The molecule has 4 nitrogen and oxygen atoms in total. The maximum Gasteiger partial charge on any atom is 0.257 e. The van der Waals surface area contributed by atoms with E-state index >= 15 is 0 Å². The van der Waals surface area contributed by atoms with Crippen LogP contribution in [0, 0.1) is 5.82 Å². The zero-order valence-corrected chi connectivity index (χ0v) is 11.7. The molecule has 2 N–H and O–H groups in total. The van der Waals surface area contributed by atoms with Gasteiger partial charge in [0.15, 0.2) is 0 Å². The normalized spacial score (nSPS) is 10.1. The van der Waals surface area contributed by atoms with Crippen LogP contribution in [0.5, 0.6) is 0 Å². The van der Waals surface area contributed by atoms with Crippen molar-refractivity contribution in [2.45, 2.75) is 0 Å². The third-order valence-corrected chi connectivity index (χ3v) is 3.14. The topological polar surface area (TPSA) is 54.0 Å². The highest BCUT2D eigenvalue weighted by molar-refractivity contribution is 9.10. The average molecular weight is 324 g/mol. The number of hydrogen-bond acceptors (Lipinski definition) is 3. The Bertz CT molecular complexity index is 581. The lowest BCUT2D eigenvalue weighted by atomic mass is 10.2. The highest BCUT2D eigenvalue weighted by Crippen LogP contribution is 2.25. The number of para-hydroxylation sites is 1. The molecule has 0 saturated carbocycles. The van der Waals surface area contributed by atoms with Gasteiger partial charge in [-0.1, -0.05) is 6.07 Å². The van der Waals surface area contributed by atoms with Crippen molar-refractivity contribution in [3.8, 4) is 0 Å². The number of nitrogens with zero attached hydrogens (tertiary/aromatic N) is 1. The Kier molecular flexibility index (Phi) is 4.11. The van der Waals surface area contributed by atoms with Crippen LogP contribution in [0.25, 0.3) is 0 Å². The number of pyridine rings is 1. The molecule has 2 aromatic rings. The lowest BCUT2D eigenvalue weighted by Gasteiger charge is -2.08. The molecule has 0 saturated heterocycles. The molecule has 6 heteroatoms. The molecular formula is C13H11BrFN3O. The highest BCUT2D eigenvalue weighted by atomic mass is 79.9. The maximum atomic E-state index is 13.6. The molecule has 0 atom stereocenters. The van der Waals surface area contributed by atoms with Gasteiger partial charge in [0.2, 0.25) is 0 Å². The molecule has 1 amide bonds. The van der Waals surface area contributed by atoms with Crippen LogP contribution in [0.15, 0.2) is 41.0 Å². The van der Waals surface area contributed by atoms with E-state index in [2.05, 4.69) is 31.5 Å². The van der Waals surface area contributed by atoms with E-state index < -0.39 is 11.7 Å². The number of carbonyl (C=O) groups excluding carboxylic acids is 1. The van der Waals surface area contributed by atoms with E-state index in [1.807, 2.05) is 0 Å². The van der Waals surface area contributed by atoms with Crippen LogP contribution in [-0.2, 0) is 0 Å². The molecule has 0 bridgehead atoms. The standard InChI is InChI=1S/C13H11BrFN3O/c1-16-11-6-5-8(7-17-11)13(19)18-12-9(14)3-2-4-10(12)15/h2-7H,1H3,(H,16,17)(H,18,19). The first-order valence-corrected chi connectivity index (χ1v) is 6.30. The Morgan fingerprint density at radius 1 is 1.32 bits per heavy atom. The Balaban J connectivity index is 2.20. The number of rotatable bonds is 3. The van der Waals surface area contributed by atoms with Crippen LogP contribution in [0.2, 0.25) is 0 Å². The van der Waals surface area contributed by atoms with E-state index in [1.165, 1.54) is 12.3 Å². The average Bonchev–Trinajstić information content (AvgIpc) is 2.43. The first-order valence-electron chi connectivity index (χ1n) is 5.51. The summed E-state index contributed by atoms with van der Waals surface area (Å²) in [4.78, 5) is 16.0. The third kappa shape index (κ3) is 3.08. The second-order valence-electron chi connectivity index (χ2n) is 3.73. The van der Waals surface area contributed by atoms with E-state index in [4.69, 9.17) is 0 Å². The van der Waals surface area contributed by atoms with Crippen molar-refractivity contribution in [1.82, 2.24) is 4.98 Å². The van der Waals surface area contributed by atoms with E-state index in [0.717, 1.165) is 0 Å². The lowest BCUT2D eigenvalue weighted by Crippen LogP contribution is -2.14. The second-order valence-corrected chi connectivity index (χ2v) is 4.59. The van der Waals surface area contributed by atoms with Gasteiger partial charge in [0.1, 0.15) is 11.6 Å². The molecule has 1 aromatic heterocycles. The third-order valence-electron chi connectivity index (χ3n) is 2.48. The fourth-order valence-electron chi connectivity index (χ4n) is 1.48. The number of hydrogen-bond donors (Lipinski definition) is 2. The molecule has 0 aliphatic heterocycles. The van der Waals surface area contributed by atoms with Crippen LogP contribution in [0.4, 0.5) is 15.9 Å². The van der Waals surface area contributed by atoms with Gasteiger partial charge in [-0.2, -0.15) is 0 Å². The van der Waals surface area contributed by atoms with Crippen molar-refractivity contribution in [1.29, 1.82) is 0 Å². The summed E-state index contributed by atoms with van der Waals surface area (Å²) in [7, 11) is 1.73. The molecule has 0 aliphatic carbocycles. The van der Waals surface area contributed by atoms with Crippen molar-refractivity contribution in [3.63, 3.8) is 0 Å². The number of anilines is 2. The Labute approximate surface area is 118 Å². The second kappa shape index (κ2) is 5.79. The Morgan fingerprint density at radius 3 is 2.68 bits per heavy atom. The van der Waals surface area contributed by atoms with Gasteiger partial charge in [-0.15, -0.1) is 0 Å². The Morgan fingerprint density at radius 2 is 2.11 bits per heavy atom. The summed E-state index contributed by atoms with van der Waals surface area (Å²) in [6.07, 6.45) is 1.43. The molecule has 0 spiro atoms. The smallest absolute Gasteiger partial charge is 0.257 e. The van der Waals surface area contributed by atoms with Gasteiger partial charge in [0.25, 0.3) is 5.91 Å². The zero-order valence-electron chi connectivity index (χ0n) is 10.1. The monoisotopic (exact) mass is 323 g/mol.